The Hall–Kier alpha value is -2.31. The first-order chi connectivity index (χ1) is 13.9. The third kappa shape index (κ3) is 5.19. The zero-order chi connectivity index (χ0) is 21.0. The van der Waals surface area contributed by atoms with Crippen LogP contribution in [0.4, 0.5) is 0 Å². The van der Waals surface area contributed by atoms with Gasteiger partial charge in [-0.05, 0) is 51.0 Å². The van der Waals surface area contributed by atoms with Crippen LogP contribution < -0.4 is 10.7 Å². The Balaban J connectivity index is 1.66. The monoisotopic (exact) mass is 434 g/mol. The standard InChI is InChI=1S/C21H24Cl2N4O2/c1-13-10-15(14(2)27(13)19-9-8-16(22)11-18(19)23)12-24-26-21(29)20(28)25-17-6-4-3-5-7-17/h8-12,17H,3-7H2,1-2H3,(H,25,28)(H,26,29)/b24-12-. The summed E-state index contributed by atoms with van der Waals surface area (Å²) < 4.78 is 1.98. The Morgan fingerprint density at radius 3 is 2.52 bits per heavy atom. The van der Waals surface area contributed by atoms with Crippen molar-refractivity contribution in [3.05, 3.63) is 51.3 Å². The number of nitrogens with zero attached hydrogens (tertiary/aromatic N) is 2. The molecule has 0 bridgehead atoms. The van der Waals surface area contributed by atoms with Crippen LogP contribution in [0.1, 0.15) is 49.1 Å². The summed E-state index contributed by atoms with van der Waals surface area (Å²) >= 11 is 12.3. The Bertz CT molecular complexity index is 946. The number of carbonyl (C=O) groups excluding carboxylic acids is 2. The van der Waals surface area contributed by atoms with Crippen molar-refractivity contribution >= 4 is 41.2 Å². The molecule has 0 spiro atoms. The van der Waals surface area contributed by atoms with Crippen LogP contribution in [0.5, 0.6) is 0 Å². The van der Waals surface area contributed by atoms with E-state index in [0.717, 1.165) is 48.3 Å². The van der Waals surface area contributed by atoms with Crippen LogP contribution in [-0.4, -0.2) is 28.6 Å². The van der Waals surface area contributed by atoms with Gasteiger partial charge in [0.25, 0.3) is 0 Å². The molecule has 0 unspecified atom stereocenters. The molecule has 3 rings (SSSR count). The quantitative estimate of drug-likeness (QED) is 0.427. The largest absolute Gasteiger partial charge is 0.345 e. The molecule has 6 nitrogen and oxygen atoms in total. The van der Waals surface area contributed by atoms with E-state index in [1.54, 1.807) is 12.1 Å². The number of hydrogen-bond donors (Lipinski definition) is 2. The van der Waals surface area contributed by atoms with E-state index in [4.69, 9.17) is 23.2 Å². The number of hydrazone groups is 1. The number of hydrogen-bond acceptors (Lipinski definition) is 3. The van der Waals surface area contributed by atoms with E-state index in [9.17, 15) is 9.59 Å². The highest BCUT2D eigenvalue weighted by atomic mass is 35.5. The van der Waals surface area contributed by atoms with E-state index in [-0.39, 0.29) is 6.04 Å². The van der Waals surface area contributed by atoms with Crippen molar-refractivity contribution in [3.63, 3.8) is 0 Å². The molecule has 2 aromatic rings. The Morgan fingerprint density at radius 2 is 1.83 bits per heavy atom. The minimum absolute atomic E-state index is 0.0778. The molecule has 8 heteroatoms. The van der Waals surface area contributed by atoms with Crippen LogP contribution in [0.15, 0.2) is 29.4 Å². The van der Waals surface area contributed by atoms with Crippen LogP contribution in [0.25, 0.3) is 5.69 Å². The van der Waals surface area contributed by atoms with Crippen molar-refractivity contribution < 1.29 is 9.59 Å². The zero-order valence-corrected chi connectivity index (χ0v) is 18.0. The van der Waals surface area contributed by atoms with Crippen molar-refractivity contribution in [2.75, 3.05) is 0 Å². The second-order valence-electron chi connectivity index (χ2n) is 7.27. The lowest BCUT2D eigenvalue weighted by Crippen LogP contribution is -2.44. The van der Waals surface area contributed by atoms with E-state index in [1.165, 1.54) is 12.6 Å². The highest BCUT2D eigenvalue weighted by molar-refractivity contribution is 6.36. The van der Waals surface area contributed by atoms with Crippen molar-refractivity contribution in [2.45, 2.75) is 52.0 Å². The number of rotatable bonds is 4. The SMILES string of the molecule is Cc1cc(/C=N\NC(=O)C(=O)NC2CCCCC2)c(C)n1-c1ccc(Cl)cc1Cl. The summed E-state index contributed by atoms with van der Waals surface area (Å²) in [7, 11) is 0. The molecule has 1 saturated carbocycles. The van der Waals surface area contributed by atoms with Crippen molar-refractivity contribution in [3.8, 4) is 5.69 Å². The predicted octanol–water partition coefficient (Wildman–Crippen LogP) is 4.30. The summed E-state index contributed by atoms with van der Waals surface area (Å²) in [5.41, 5.74) is 5.77. The fourth-order valence-electron chi connectivity index (χ4n) is 3.66. The third-order valence-corrected chi connectivity index (χ3v) is 5.68. The molecule has 1 aliphatic carbocycles. The summed E-state index contributed by atoms with van der Waals surface area (Å²) in [6.07, 6.45) is 6.70. The summed E-state index contributed by atoms with van der Waals surface area (Å²) in [6.45, 7) is 3.88. The van der Waals surface area contributed by atoms with Gasteiger partial charge < -0.3 is 9.88 Å². The average molecular weight is 435 g/mol. The van der Waals surface area contributed by atoms with Gasteiger partial charge in [-0.2, -0.15) is 5.10 Å². The van der Waals surface area contributed by atoms with Gasteiger partial charge in [0.1, 0.15) is 0 Å². The van der Waals surface area contributed by atoms with Crippen LogP contribution in [0, 0.1) is 13.8 Å². The second kappa shape index (κ2) is 9.46. The molecule has 0 saturated heterocycles. The number of benzene rings is 1. The normalized spacial score (nSPS) is 14.9. The first kappa shape index (κ1) is 21.4. The fraction of sp³-hybridized carbons (Fsp3) is 0.381. The smallest absolute Gasteiger partial charge is 0.329 e. The van der Waals surface area contributed by atoms with Gasteiger partial charge in [-0.1, -0.05) is 42.5 Å². The Labute approximate surface area is 180 Å². The molecular weight excluding hydrogens is 411 g/mol. The molecule has 0 radical (unpaired) electrons. The lowest BCUT2D eigenvalue weighted by atomic mass is 9.95. The highest BCUT2D eigenvalue weighted by Crippen LogP contribution is 2.28. The number of halogens is 2. The van der Waals surface area contributed by atoms with Gasteiger partial charge in [-0.3, -0.25) is 9.59 Å². The molecule has 0 aliphatic heterocycles. The van der Waals surface area contributed by atoms with Crippen LogP contribution in [0.2, 0.25) is 10.0 Å². The summed E-state index contributed by atoms with van der Waals surface area (Å²) in [5, 5.41) is 7.82. The minimum Gasteiger partial charge on any atom is -0.345 e. The molecule has 0 atom stereocenters. The topological polar surface area (TPSA) is 75.5 Å². The van der Waals surface area contributed by atoms with Crippen LogP contribution in [0.3, 0.4) is 0 Å². The second-order valence-corrected chi connectivity index (χ2v) is 8.11. The molecule has 1 aromatic heterocycles. The molecule has 1 aliphatic rings. The van der Waals surface area contributed by atoms with Gasteiger partial charge in [-0.15, -0.1) is 0 Å². The van der Waals surface area contributed by atoms with Gasteiger partial charge in [0.2, 0.25) is 0 Å². The van der Waals surface area contributed by atoms with E-state index < -0.39 is 11.8 Å². The molecule has 154 valence electrons. The molecule has 1 fully saturated rings. The first-order valence-corrected chi connectivity index (χ1v) is 10.4. The number of aromatic nitrogens is 1. The van der Waals surface area contributed by atoms with Gasteiger partial charge >= 0.3 is 11.8 Å². The van der Waals surface area contributed by atoms with Gasteiger partial charge in [0, 0.05) is 28.0 Å². The lowest BCUT2D eigenvalue weighted by Gasteiger charge is -2.22. The van der Waals surface area contributed by atoms with E-state index >= 15 is 0 Å². The lowest BCUT2D eigenvalue weighted by molar-refractivity contribution is -0.139. The number of aryl methyl sites for hydroxylation is 1. The third-order valence-electron chi connectivity index (χ3n) is 5.14. The maximum Gasteiger partial charge on any atom is 0.329 e. The molecule has 1 aromatic carbocycles. The number of nitrogens with one attached hydrogen (secondary N) is 2. The predicted molar refractivity (Wildman–Crippen MR) is 116 cm³/mol. The Morgan fingerprint density at radius 1 is 1.10 bits per heavy atom. The summed E-state index contributed by atoms with van der Waals surface area (Å²) in [5.74, 6) is -1.41. The van der Waals surface area contributed by atoms with E-state index in [0.29, 0.717) is 10.0 Å². The molecule has 29 heavy (non-hydrogen) atoms. The van der Waals surface area contributed by atoms with Crippen LogP contribution in [-0.2, 0) is 9.59 Å². The van der Waals surface area contributed by atoms with Crippen LogP contribution >= 0.6 is 23.2 Å². The Kier molecular flexibility index (Phi) is 6.98. The minimum atomic E-state index is -0.763. The van der Waals surface area contributed by atoms with Gasteiger partial charge in [-0.25, -0.2) is 5.43 Å². The van der Waals surface area contributed by atoms with Gasteiger partial charge in [0.05, 0.1) is 16.9 Å². The number of amides is 2. The highest BCUT2D eigenvalue weighted by Gasteiger charge is 2.20. The van der Waals surface area contributed by atoms with Gasteiger partial charge in [0.15, 0.2) is 0 Å². The molecule has 2 N–H and O–H groups in total. The zero-order valence-electron chi connectivity index (χ0n) is 16.5. The molecule has 2 amide bonds. The maximum absolute atomic E-state index is 12.0. The average Bonchev–Trinajstić information content (AvgIpc) is 2.96. The summed E-state index contributed by atoms with van der Waals surface area (Å²) in [4.78, 5) is 24.0. The van der Waals surface area contributed by atoms with Crippen molar-refractivity contribution in [1.29, 1.82) is 0 Å². The fourth-order valence-corrected chi connectivity index (χ4v) is 4.15. The maximum atomic E-state index is 12.0. The summed E-state index contributed by atoms with van der Waals surface area (Å²) in [6, 6.07) is 7.33. The first-order valence-electron chi connectivity index (χ1n) is 9.65. The van der Waals surface area contributed by atoms with Crippen molar-refractivity contribution in [2.24, 2.45) is 5.10 Å². The van der Waals surface area contributed by atoms with E-state index in [2.05, 4.69) is 15.8 Å². The van der Waals surface area contributed by atoms with E-state index in [1.807, 2.05) is 30.5 Å². The number of carbonyl (C=O) groups is 2. The molecular formula is C21H24Cl2N4O2. The molecule has 1 heterocycles. The van der Waals surface area contributed by atoms with Crippen molar-refractivity contribution in [1.82, 2.24) is 15.3 Å².